The minimum atomic E-state index is -0.504. The van der Waals surface area contributed by atoms with Gasteiger partial charge < -0.3 is 10.5 Å². The number of hydrogen-bond donors (Lipinski definition) is 1. The lowest BCUT2D eigenvalue weighted by Gasteiger charge is -2.23. The molecule has 0 aliphatic rings. The van der Waals surface area contributed by atoms with Crippen LogP contribution >= 0.6 is 0 Å². The first-order valence-electron chi connectivity index (χ1n) is 5.10. The van der Waals surface area contributed by atoms with Crippen LogP contribution in [0.1, 0.15) is 18.9 Å². The lowest BCUT2D eigenvalue weighted by atomic mass is 10.0. The van der Waals surface area contributed by atoms with Crippen molar-refractivity contribution in [2.24, 2.45) is 5.73 Å². The lowest BCUT2D eigenvalue weighted by molar-refractivity contribution is 0.0454. The van der Waals surface area contributed by atoms with Crippen molar-refractivity contribution in [2.75, 3.05) is 13.7 Å². The largest absolute Gasteiger partial charge is 0.364 e. The van der Waals surface area contributed by atoms with Gasteiger partial charge in [0.1, 0.15) is 5.60 Å². The zero-order valence-corrected chi connectivity index (χ0v) is 9.29. The van der Waals surface area contributed by atoms with Gasteiger partial charge in [-0.15, -0.1) is 0 Å². The van der Waals surface area contributed by atoms with E-state index in [9.17, 15) is 0 Å². The summed E-state index contributed by atoms with van der Waals surface area (Å²) in [5, 5.41) is 0. The van der Waals surface area contributed by atoms with Gasteiger partial charge in [0.15, 0.2) is 0 Å². The molecule has 1 atom stereocenters. The predicted octanol–water partition coefficient (Wildman–Crippen LogP) is 1.79. The fourth-order valence-electron chi connectivity index (χ4n) is 1.27. The van der Waals surface area contributed by atoms with E-state index in [4.69, 9.17) is 10.5 Å². The van der Waals surface area contributed by atoms with Crippen LogP contribution in [0.25, 0.3) is 0 Å². The molecule has 2 heteroatoms. The molecule has 0 amide bonds. The Morgan fingerprint density at radius 1 is 1.33 bits per heavy atom. The second-order valence-electron chi connectivity index (χ2n) is 3.37. The highest BCUT2D eigenvalue weighted by Crippen LogP contribution is 2.12. The molecule has 1 unspecified atom stereocenters. The van der Waals surface area contributed by atoms with Crippen molar-refractivity contribution in [1.82, 2.24) is 0 Å². The van der Waals surface area contributed by atoms with E-state index in [1.54, 1.807) is 7.11 Å². The third-order valence-corrected chi connectivity index (χ3v) is 2.50. The fourth-order valence-corrected chi connectivity index (χ4v) is 1.27. The highest BCUT2D eigenvalue weighted by Gasteiger charge is 2.22. The summed E-state index contributed by atoms with van der Waals surface area (Å²) in [6, 6.07) is 9.84. The number of hydrogen-bond acceptors (Lipinski definition) is 2. The molecule has 0 fully saturated rings. The van der Waals surface area contributed by atoms with Gasteiger partial charge in [-0.05, 0) is 18.6 Å². The third-order valence-electron chi connectivity index (χ3n) is 2.50. The molecule has 0 saturated carbocycles. The molecule has 0 saturated heterocycles. The molecule has 2 nitrogen and oxygen atoms in total. The molecule has 0 bridgehead atoms. The maximum atomic E-state index is 5.67. The third kappa shape index (κ3) is 3.09. The molecular weight excluding hydrogens is 186 g/mol. The van der Waals surface area contributed by atoms with Crippen LogP contribution in [-0.2, 0) is 4.74 Å². The quantitative estimate of drug-likeness (QED) is 0.760. The average Bonchev–Trinajstić information content (AvgIpc) is 2.33. The molecule has 1 aromatic rings. The van der Waals surface area contributed by atoms with Crippen LogP contribution in [0.4, 0.5) is 0 Å². The first-order valence-corrected chi connectivity index (χ1v) is 5.10. The van der Waals surface area contributed by atoms with Gasteiger partial charge in [-0.25, -0.2) is 0 Å². The first-order chi connectivity index (χ1) is 7.26. The lowest BCUT2D eigenvalue weighted by Crippen LogP contribution is -2.37. The Balaban J connectivity index is 2.88. The Kier molecular flexibility index (Phi) is 4.36. The summed E-state index contributed by atoms with van der Waals surface area (Å²) in [5.74, 6) is 6.18. The summed E-state index contributed by atoms with van der Waals surface area (Å²) < 4.78 is 5.36. The standard InChI is InChI=1S/C13H17NO/c1-3-13(11-14,15-2)10-9-12-7-5-4-6-8-12/h4-8H,3,11,14H2,1-2H3. The number of ether oxygens (including phenoxy) is 1. The minimum Gasteiger partial charge on any atom is -0.364 e. The molecule has 2 N–H and O–H groups in total. The summed E-state index contributed by atoms with van der Waals surface area (Å²) in [6.45, 7) is 2.44. The van der Waals surface area contributed by atoms with Crippen molar-refractivity contribution >= 4 is 0 Å². The highest BCUT2D eigenvalue weighted by molar-refractivity contribution is 5.36. The van der Waals surface area contributed by atoms with Gasteiger partial charge in [-0.1, -0.05) is 37.0 Å². The number of nitrogens with two attached hydrogens (primary N) is 1. The van der Waals surface area contributed by atoms with Crippen LogP contribution < -0.4 is 5.73 Å². The predicted molar refractivity (Wildman–Crippen MR) is 62.4 cm³/mol. The van der Waals surface area contributed by atoms with Gasteiger partial charge in [-0.3, -0.25) is 0 Å². The Hall–Kier alpha value is -1.30. The van der Waals surface area contributed by atoms with Gasteiger partial charge in [0, 0.05) is 19.2 Å². The van der Waals surface area contributed by atoms with E-state index in [0.717, 1.165) is 12.0 Å². The molecular formula is C13H17NO. The SMILES string of the molecule is CCC(C#Cc1ccccc1)(CN)OC. The summed E-state index contributed by atoms with van der Waals surface area (Å²) in [5.41, 5.74) is 6.15. The second kappa shape index (κ2) is 5.55. The number of benzene rings is 1. The maximum Gasteiger partial charge on any atom is 0.140 e. The van der Waals surface area contributed by atoms with Crippen molar-refractivity contribution in [3.63, 3.8) is 0 Å². The van der Waals surface area contributed by atoms with E-state index >= 15 is 0 Å². The zero-order chi connectivity index (χ0) is 11.1. The van der Waals surface area contributed by atoms with Crippen molar-refractivity contribution in [3.05, 3.63) is 35.9 Å². The summed E-state index contributed by atoms with van der Waals surface area (Å²) in [6.07, 6.45) is 0.792. The smallest absolute Gasteiger partial charge is 0.140 e. The van der Waals surface area contributed by atoms with Crippen molar-refractivity contribution in [2.45, 2.75) is 18.9 Å². The molecule has 1 rings (SSSR count). The molecule has 1 aromatic carbocycles. The van der Waals surface area contributed by atoms with Crippen LogP contribution in [0.15, 0.2) is 30.3 Å². The van der Waals surface area contributed by atoms with E-state index in [0.29, 0.717) is 6.54 Å². The van der Waals surface area contributed by atoms with E-state index in [1.807, 2.05) is 37.3 Å². The molecule has 15 heavy (non-hydrogen) atoms. The van der Waals surface area contributed by atoms with Crippen LogP contribution in [0.5, 0.6) is 0 Å². The van der Waals surface area contributed by atoms with Crippen molar-refractivity contribution < 1.29 is 4.74 Å². The van der Waals surface area contributed by atoms with Crippen LogP contribution in [0.3, 0.4) is 0 Å². The summed E-state index contributed by atoms with van der Waals surface area (Å²) >= 11 is 0. The second-order valence-corrected chi connectivity index (χ2v) is 3.37. The number of rotatable bonds is 3. The molecule has 0 aliphatic carbocycles. The molecule has 0 aliphatic heterocycles. The van der Waals surface area contributed by atoms with E-state index in [1.165, 1.54) is 0 Å². The van der Waals surface area contributed by atoms with Crippen molar-refractivity contribution in [1.29, 1.82) is 0 Å². The Labute approximate surface area is 91.4 Å². The van der Waals surface area contributed by atoms with Crippen LogP contribution in [0, 0.1) is 11.8 Å². The Bertz CT molecular complexity index is 336. The van der Waals surface area contributed by atoms with Gasteiger partial charge >= 0.3 is 0 Å². The van der Waals surface area contributed by atoms with Crippen LogP contribution in [0.2, 0.25) is 0 Å². The average molecular weight is 203 g/mol. The highest BCUT2D eigenvalue weighted by atomic mass is 16.5. The first kappa shape index (κ1) is 11.8. The summed E-state index contributed by atoms with van der Waals surface area (Å²) in [7, 11) is 1.65. The van der Waals surface area contributed by atoms with Gasteiger partial charge in [0.2, 0.25) is 0 Å². The molecule has 80 valence electrons. The van der Waals surface area contributed by atoms with Crippen molar-refractivity contribution in [3.8, 4) is 11.8 Å². The molecule has 0 spiro atoms. The number of methoxy groups -OCH3 is 1. The van der Waals surface area contributed by atoms with E-state index < -0.39 is 5.60 Å². The maximum absolute atomic E-state index is 5.67. The zero-order valence-electron chi connectivity index (χ0n) is 9.29. The normalized spacial score (nSPS) is 13.8. The van der Waals surface area contributed by atoms with E-state index in [2.05, 4.69) is 11.8 Å². The Morgan fingerprint density at radius 3 is 2.47 bits per heavy atom. The van der Waals surface area contributed by atoms with Gasteiger partial charge in [0.05, 0.1) is 0 Å². The molecule has 0 radical (unpaired) electrons. The van der Waals surface area contributed by atoms with E-state index in [-0.39, 0.29) is 0 Å². The molecule has 0 heterocycles. The Morgan fingerprint density at radius 2 is 2.00 bits per heavy atom. The van der Waals surface area contributed by atoms with Gasteiger partial charge in [-0.2, -0.15) is 0 Å². The summed E-state index contributed by atoms with van der Waals surface area (Å²) in [4.78, 5) is 0. The van der Waals surface area contributed by atoms with Crippen LogP contribution in [-0.4, -0.2) is 19.3 Å². The van der Waals surface area contributed by atoms with Gasteiger partial charge in [0.25, 0.3) is 0 Å². The monoisotopic (exact) mass is 203 g/mol. The topological polar surface area (TPSA) is 35.2 Å². The fraction of sp³-hybridized carbons (Fsp3) is 0.385. The molecule has 0 aromatic heterocycles. The minimum absolute atomic E-state index is 0.417.